The van der Waals surface area contributed by atoms with Crippen LogP contribution in [0.5, 0.6) is 17.4 Å². The van der Waals surface area contributed by atoms with Crippen molar-refractivity contribution in [3.8, 4) is 17.4 Å². The lowest BCUT2D eigenvalue weighted by atomic mass is 10.1. The second kappa shape index (κ2) is 6.51. The molecular weight excluding hydrogens is 295 g/mol. The average molecular weight is 309 g/mol. The molecule has 0 fully saturated rings. The number of methoxy groups -OCH3 is 1. The first kappa shape index (κ1) is 15.9. The number of nitrogens with zero attached hydrogens (tertiary/aromatic N) is 1. The lowest BCUT2D eigenvalue weighted by Gasteiger charge is -2.11. The van der Waals surface area contributed by atoms with Gasteiger partial charge in [-0.2, -0.15) is 13.2 Å². The van der Waals surface area contributed by atoms with Gasteiger partial charge in [-0.25, -0.2) is 4.98 Å². The number of ether oxygens (including phenoxy) is 2. The summed E-state index contributed by atoms with van der Waals surface area (Å²) in [5.74, 6) is 0.909. The molecule has 0 aliphatic heterocycles. The van der Waals surface area contributed by atoms with E-state index in [1.165, 1.54) is 13.2 Å². The number of halogens is 3. The van der Waals surface area contributed by atoms with Crippen LogP contribution in [-0.4, -0.2) is 12.1 Å². The SMILES string of the molecule is C=CCc1ccc(Oc2ccc(C(F)(F)F)cn2)c(OC)c1. The Morgan fingerprint density at radius 3 is 2.50 bits per heavy atom. The maximum atomic E-state index is 12.5. The minimum absolute atomic E-state index is 0.0581. The van der Waals surface area contributed by atoms with Gasteiger partial charge < -0.3 is 9.47 Å². The summed E-state index contributed by atoms with van der Waals surface area (Å²) in [4.78, 5) is 3.66. The van der Waals surface area contributed by atoms with Crippen molar-refractivity contribution in [2.24, 2.45) is 0 Å². The predicted molar refractivity (Wildman–Crippen MR) is 76.2 cm³/mol. The third kappa shape index (κ3) is 3.78. The van der Waals surface area contributed by atoms with Crippen LogP contribution in [0.3, 0.4) is 0 Å². The number of allylic oxidation sites excluding steroid dienone is 1. The summed E-state index contributed by atoms with van der Waals surface area (Å²) >= 11 is 0. The van der Waals surface area contributed by atoms with Crippen LogP contribution in [-0.2, 0) is 12.6 Å². The molecule has 2 aromatic rings. The molecule has 0 amide bonds. The summed E-state index contributed by atoms with van der Waals surface area (Å²) in [6.07, 6.45) is -1.26. The predicted octanol–water partition coefficient (Wildman–Crippen LogP) is 4.63. The van der Waals surface area contributed by atoms with Gasteiger partial charge in [0.05, 0.1) is 12.7 Å². The maximum absolute atomic E-state index is 12.5. The Labute approximate surface area is 126 Å². The van der Waals surface area contributed by atoms with Crippen LogP contribution in [0.4, 0.5) is 13.2 Å². The van der Waals surface area contributed by atoms with Gasteiger partial charge in [-0.1, -0.05) is 12.1 Å². The van der Waals surface area contributed by atoms with E-state index in [-0.39, 0.29) is 5.88 Å². The first-order valence-corrected chi connectivity index (χ1v) is 6.43. The number of benzene rings is 1. The summed E-state index contributed by atoms with van der Waals surface area (Å²) in [6.45, 7) is 3.66. The molecule has 6 heteroatoms. The second-order valence-corrected chi connectivity index (χ2v) is 4.46. The van der Waals surface area contributed by atoms with E-state index >= 15 is 0 Å². The van der Waals surface area contributed by atoms with Crippen molar-refractivity contribution < 1.29 is 22.6 Å². The summed E-state index contributed by atoms with van der Waals surface area (Å²) in [5.41, 5.74) is 0.160. The molecule has 0 saturated heterocycles. The molecule has 0 bridgehead atoms. The standard InChI is InChI=1S/C16H14F3NO2/c1-3-4-11-5-7-13(14(9-11)21-2)22-15-8-6-12(10-20-15)16(17,18)19/h3,5-10H,1,4H2,2H3. The van der Waals surface area contributed by atoms with E-state index in [1.807, 2.05) is 6.07 Å². The highest BCUT2D eigenvalue weighted by Crippen LogP contribution is 2.33. The molecule has 2 rings (SSSR count). The fourth-order valence-corrected chi connectivity index (χ4v) is 1.81. The zero-order chi connectivity index (χ0) is 16.2. The van der Waals surface area contributed by atoms with Gasteiger partial charge in [-0.3, -0.25) is 0 Å². The Kier molecular flexibility index (Phi) is 4.70. The molecule has 0 radical (unpaired) electrons. The molecule has 1 heterocycles. The van der Waals surface area contributed by atoms with E-state index in [0.717, 1.165) is 17.8 Å². The summed E-state index contributed by atoms with van der Waals surface area (Å²) in [7, 11) is 1.49. The highest BCUT2D eigenvalue weighted by atomic mass is 19.4. The molecule has 0 aliphatic rings. The van der Waals surface area contributed by atoms with Crippen LogP contribution >= 0.6 is 0 Å². The number of rotatable bonds is 5. The van der Waals surface area contributed by atoms with Crippen LogP contribution in [0.15, 0.2) is 49.2 Å². The van der Waals surface area contributed by atoms with Crippen LogP contribution in [0.1, 0.15) is 11.1 Å². The topological polar surface area (TPSA) is 31.4 Å². The molecule has 0 atom stereocenters. The zero-order valence-corrected chi connectivity index (χ0v) is 11.9. The van der Waals surface area contributed by atoms with E-state index in [2.05, 4.69) is 11.6 Å². The smallest absolute Gasteiger partial charge is 0.417 e. The van der Waals surface area contributed by atoms with Crippen LogP contribution < -0.4 is 9.47 Å². The Balaban J connectivity index is 2.21. The van der Waals surface area contributed by atoms with Gasteiger partial charge in [-0.05, 0) is 30.2 Å². The van der Waals surface area contributed by atoms with E-state index in [9.17, 15) is 13.2 Å². The average Bonchev–Trinajstić information content (AvgIpc) is 2.48. The van der Waals surface area contributed by atoms with E-state index in [4.69, 9.17) is 9.47 Å². The number of pyridine rings is 1. The lowest BCUT2D eigenvalue weighted by Crippen LogP contribution is -2.05. The van der Waals surface area contributed by atoms with Gasteiger partial charge in [-0.15, -0.1) is 6.58 Å². The molecular formula is C16H14F3NO2. The maximum Gasteiger partial charge on any atom is 0.417 e. The molecule has 1 aromatic carbocycles. The van der Waals surface area contributed by atoms with Crippen LogP contribution in [0.25, 0.3) is 0 Å². The summed E-state index contributed by atoms with van der Waals surface area (Å²) in [5, 5.41) is 0. The fraction of sp³-hybridized carbons (Fsp3) is 0.188. The van der Waals surface area contributed by atoms with Crippen molar-refractivity contribution in [1.29, 1.82) is 0 Å². The fourth-order valence-electron chi connectivity index (χ4n) is 1.81. The van der Waals surface area contributed by atoms with Crippen molar-refractivity contribution in [2.75, 3.05) is 7.11 Å². The molecule has 1 aromatic heterocycles. The van der Waals surface area contributed by atoms with E-state index in [1.54, 1.807) is 18.2 Å². The molecule has 0 spiro atoms. The third-order valence-corrected chi connectivity index (χ3v) is 2.89. The summed E-state index contributed by atoms with van der Waals surface area (Å²) in [6, 6.07) is 7.36. The minimum atomic E-state index is -4.42. The molecule has 3 nitrogen and oxygen atoms in total. The highest BCUT2D eigenvalue weighted by molar-refractivity contribution is 5.45. The Morgan fingerprint density at radius 2 is 1.95 bits per heavy atom. The van der Waals surface area contributed by atoms with Crippen molar-refractivity contribution in [2.45, 2.75) is 12.6 Å². The van der Waals surface area contributed by atoms with Gasteiger partial charge in [0.25, 0.3) is 0 Å². The van der Waals surface area contributed by atoms with Crippen molar-refractivity contribution in [3.63, 3.8) is 0 Å². The Morgan fingerprint density at radius 1 is 1.18 bits per heavy atom. The zero-order valence-electron chi connectivity index (χ0n) is 11.9. The van der Waals surface area contributed by atoms with E-state index < -0.39 is 11.7 Å². The molecule has 0 unspecified atom stereocenters. The lowest BCUT2D eigenvalue weighted by molar-refractivity contribution is -0.137. The monoisotopic (exact) mass is 309 g/mol. The Bertz CT molecular complexity index is 651. The molecule has 0 aliphatic carbocycles. The third-order valence-electron chi connectivity index (χ3n) is 2.89. The minimum Gasteiger partial charge on any atom is -0.493 e. The number of aromatic nitrogens is 1. The Hall–Kier alpha value is -2.50. The van der Waals surface area contributed by atoms with Gasteiger partial charge in [0, 0.05) is 12.3 Å². The van der Waals surface area contributed by atoms with Crippen LogP contribution in [0, 0.1) is 0 Å². The quantitative estimate of drug-likeness (QED) is 0.755. The van der Waals surface area contributed by atoms with Gasteiger partial charge in [0.1, 0.15) is 0 Å². The van der Waals surface area contributed by atoms with Gasteiger partial charge >= 0.3 is 6.18 Å². The van der Waals surface area contributed by atoms with E-state index in [0.29, 0.717) is 17.9 Å². The molecule has 0 N–H and O–H groups in total. The van der Waals surface area contributed by atoms with Crippen molar-refractivity contribution >= 4 is 0 Å². The van der Waals surface area contributed by atoms with Crippen molar-refractivity contribution in [3.05, 3.63) is 60.3 Å². The first-order valence-electron chi connectivity index (χ1n) is 6.43. The highest BCUT2D eigenvalue weighted by Gasteiger charge is 2.30. The second-order valence-electron chi connectivity index (χ2n) is 4.46. The largest absolute Gasteiger partial charge is 0.493 e. The first-order chi connectivity index (χ1) is 10.4. The van der Waals surface area contributed by atoms with Gasteiger partial charge in [0.2, 0.25) is 5.88 Å². The molecule has 0 saturated carbocycles. The summed E-state index contributed by atoms with van der Waals surface area (Å²) < 4.78 is 48.1. The molecule has 22 heavy (non-hydrogen) atoms. The van der Waals surface area contributed by atoms with Gasteiger partial charge in [0.15, 0.2) is 11.5 Å². The number of hydrogen-bond donors (Lipinski definition) is 0. The number of alkyl halides is 3. The van der Waals surface area contributed by atoms with Crippen LogP contribution in [0.2, 0.25) is 0 Å². The number of hydrogen-bond acceptors (Lipinski definition) is 3. The van der Waals surface area contributed by atoms with Crippen molar-refractivity contribution in [1.82, 2.24) is 4.98 Å². The molecule has 116 valence electrons. The normalized spacial score (nSPS) is 11.1.